The lowest BCUT2D eigenvalue weighted by Gasteiger charge is -2.29. The summed E-state index contributed by atoms with van der Waals surface area (Å²) in [6.45, 7) is 7.67. The summed E-state index contributed by atoms with van der Waals surface area (Å²) in [6.07, 6.45) is 0. The molecule has 0 radical (unpaired) electrons. The number of nitrogens with one attached hydrogen (secondary N) is 1. The maximum atomic E-state index is 12.0. The molecular weight excluding hydrogens is 292 g/mol. The highest BCUT2D eigenvalue weighted by molar-refractivity contribution is 9.10. The number of hydrogen-bond donors (Lipinski definition) is 2. The summed E-state index contributed by atoms with van der Waals surface area (Å²) in [5.74, 6) is -0.211. The summed E-state index contributed by atoms with van der Waals surface area (Å²) in [5, 5.41) is 3.04. The second kappa shape index (κ2) is 5.85. The molecule has 18 heavy (non-hydrogen) atoms. The minimum absolute atomic E-state index is 0.0158. The first-order valence-corrected chi connectivity index (χ1v) is 6.87. The van der Waals surface area contributed by atoms with Gasteiger partial charge in [0.2, 0.25) is 5.91 Å². The number of nitrogens with two attached hydrogens (primary N) is 1. The molecule has 0 saturated heterocycles. The molecule has 0 aliphatic rings. The van der Waals surface area contributed by atoms with Gasteiger partial charge in [0.05, 0.1) is 5.54 Å². The Hall–Kier alpha value is -0.870. The van der Waals surface area contributed by atoms with Gasteiger partial charge in [-0.15, -0.1) is 0 Å². The first-order valence-electron chi connectivity index (χ1n) is 6.07. The SMILES string of the molecule is CC(N)C(C)C(=O)NC(C)(C)c1ccc(Br)cc1. The average Bonchev–Trinajstić information content (AvgIpc) is 2.27. The highest BCUT2D eigenvalue weighted by Gasteiger charge is 2.26. The fourth-order valence-electron chi connectivity index (χ4n) is 1.60. The number of amides is 1. The molecule has 1 aromatic carbocycles. The third kappa shape index (κ3) is 3.82. The standard InChI is InChI=1S/C14H21BrN2O/c1-9(10(2)16)13(18)17-14(3,4)11-5-7-12(15)8-6-11/h5-10H,16H2,1-4H3,(H,17,18). The van der Waals surface area contributed by atoms with Crippen molar-refractivity contribution >= 4 is 21.8 Å². The van der Waals surface area contributed by atoms with Crippen LogP contribution in [0.25, 0.3) is 0 Å². The second-order valence-corrected chi connectivity index (χ2v) is 6.18. The molecule has 0 spiro atoms. The van der Waals surface area contributed by atoms with E-state index in [2.05, 4.69) is 21.2 Å². The topological polar surface area (TPSA) is 55.1 Å². The first kappa shape index (κ1) is 15.2. The third-order valence-corrected chi connectivity index (χ3v) is 3.73. The monoisotopic (exact) mass is 312 g/mol. The Morgan fingerprint density at radius 3 is 2.22 bits per heavy atom. The fourth-order valence-corrected chi connectivity index (χ4v) is 1.86. The highest BCUT2D eigenvalue weighted by atomic mass is 79.9. The van der Waals surface area contributed by atoms with E-state index in [4.69, 9.17) is 5.73 Å². The van der Waals surface area contributed by atoms with Crippen LogP contribution >= 0.6 is 15.9 Å². The lowest BCUT2D eigenvalue weighted by molar-refractivity contribution is -0.126. The van der Waals surface area contributed by atoms with Gasteiger partial charge in [-0.05, 0) is 38.5 Å². The summed E-state index contributed by atoms with van der Waals surface area (Å²) in [6, 6.07) is 7.80. The average molecular weight is 313 g/mol. The molecule has 0 fully saturated rings. The molecule has 0 aromatic heterocycles. The van der Waals surface area contributed by atoms with Gasteiger partial charge >= 0.3 is 0 Å². The molecule has 1 amide bonds. The molecule has 0 bridgehead atoms. The predicted octanol–water partition coefficient (Wildman–Crippen LogP) is 2.78. The molecule has 100 valence electrons. The van der Waals surface area contributed by atoms with E-state index >= 15 is 0 Å². The zero-order chi connectivity index (χ0) is 13.9. The normalized spacial score (nSPS) is 15.0. The van der Waals surface area contributed by atoms with Crippen LogP contribution in [-0.4, -0.2) is 11.9 Å². The quantitative estimate of drug-likeness (QED) is 0.898. The van der Waals surface area contributed by atoms with Gasteiger partial charge in [-0.2, -0.15) is 0 Å². The van der Waals surface area contributed by atoms with Crippen molar-refractivity contribution in [2.75, 3.05) is 0 Å². The Kier molecular flexibility index (Phi) is 4.93. The minimum atomic E-state index is -0.402. The van der Waals surface area contributed by atoms with Crippen LogP contribution in [0.4, 0.5) is 0 Å². The molecule has 2 atom stereocenters. The van der Waals surface area contributed by atoms with Crippen molar-refractivity contribution in [3.8, 4) is 0 Å². The number of hydrogen-bond acceptors (Lipinski definition) is 2. The Balaban J connectivity index is 2.81. The summed E-state index contributed by atoms with van der Waals surface area (Å²) < 4.78 is 1.03. The van der Waals surface area contributed by atoms with Crippen LogP contribution in [0.2, 0.25) is 0 Å². The molecule has 1 aromatic rings. The number of carbonyl (C=O) groups excluding carboxylic acids is 1. The Bertz CT molecular complexity index is 412. The van der Waals surface area contributed by atoms with Crippen molar-refractivity contribution in [2.24, 2.45) is 11.7 Å². The minimum Gasteiger partial charge on any atom is -0.347 e. The van der Waals surface area contributed by atoms with E-state index in [1.54, 1.807) is 0 Å². The Labute approximate surface area is 117 Å². The van der Waals surface area contributed by atoms with Crippen LogP contribution in [-0.2, 0) is 10.3 Å². The van der Waals surface area contributed by atoms with Gasteiger partial charge in [0, 0.05) is 16.4 Å². The maximum absolute atomic E-state index is 12.0. The van der Waals surface area contributed by atoms with Crippen molar-refractivity contribution in [1.29, 1.82) is 0 Å². The second-order valence-electron chi connectivity index (χ2n) is 5.27. The fraction of sp³-hybridized carbons (Fsp3) is 0.500. The molecule has 4 heteroatoms. The van der Waals surface area contributed by atoms with Gasteiger partial charge in [-0.3, -0.25) is 4.79 Å². The lowest BCUT2D eigenvalue weighted by atomic mass is 9.92. The summed E-state index contributed by atoms with van der Waals surface area (Å²) >= 11 is 3.40. The summed E-state index contributed by atoms with van der Waals surface area (Å²) in [7, 11) is 0. The Morgan fingerprint density at radius 1 is 1.28 bits per heavy atom. The largest absolute Gasteiger partial charge is 0.347 e. The van der Waals surface area contributed by atoms with Gasteiger partial charge in [-0.1, -0.05) is 35.0 Å². The van der Waals surface area contributed by atoms with E-state index in [1.807, 2.05) is 52.0 Å². The molecule has 3 nitrogen and oxygen atoms in total. The first-order chi connectivity index (χ1) is 8.24. The van der Waals surface area contributed by atoms with Crippen LogP contribution in [0.15, 0.2) is 28.7 Å². The molecule has 3 N–H and O–H groups in total. The van der Waals surface area contributed by atoms with Crippen LogP contribution < -0.4 is 11.1 Å². The van der Waals surface area contributed by atoms with Crippen LogP contribution in [0.5, 0.6) is 0 Å². The van der Waals surface area contributed by atoms with Crippen molar-refractivity contribution in [3.63, 3.8) is 0 Å². The van der Waals surface area contributed by atoms with E-state index in [9.17, 15) is 4.79 Å². The zero-order valence-corrected chi connectivity index (χ0v) is 12.9. The number of halogens is 1. The zero-order valence-electron chi connectivity index (χ0n) is 11.3. The smallest absolute Gasteiger partial charge is 0.225 e. The van der Waals surface area contributed by atoms with E-state index < -0.39 is 5.54 Å². The maximum Gasteiger partial charge on any atom is 0.225 e. The molecular formula is C14H21BrN2O. The van der Waals surface area contributed by atoms with Gasteiger partial charge in [0.25, 0.3) is 0 Å². The number of rotatable bonds is 4. The van der Waals surface area contributed by atoms with Crippen molar-refractivity contribution in [2.45, 2.75) is 39.3 Å². The van der Waals surface area contributed by atoms with Gasteiger partial charge in [-0.25, -0.2) is 0 Å². The number of carbonyl (C=O) groups is 1. The van der Waals surface area contributed by atoms with E-state index in [1.165, 1.54) is 0 Å². The predicted molar refractivity (Wildman–Crippen MR) is 78.1 cm³/mol. The summed E-state index contributed by atoms with van der Waals surface area (Å²) in [4.78, 5) is 12.0. The summed E-state index contributed by atoms with van der Waals surface area (Å²) in [5.41, 5.74) is 6.41. The van der Waals surface area contributed by atoms with Crippen LogP contribution in [0.1, 0.15) is 33.3 Å². The van der Waals surface area contributed by atoms with Crippen LogP contribution in [0.3, 0.4) is 0 Å². The number of benzene rings is 1. The van der Waals surface area contributed by atoms with E-state index in [-0.39, 0.29) is 17.9 Å². The van der Waals surface area contributed by atoms with Gasteiger partial charge in [0.1, 0.15) is 0 Å². The van der Waals surface area contributed by atoms with Crippen molar-refractivity contribution in [3.05, 3.63) is 34.3 Å². The van der Waals surface area contributed by atoms with Crippen molar-refractivity contribution in [1.82, 2.24) is 5.32 Å². The van der Waals surface area contributed by atoms with Crippen molar-refractivity contribution < 1.29 is 4.79 Å². The molecule has 1 rings (SSSR count). The van der Waals surface area contributed by atoms with Gasteiger partial charge in [0.15, 0.2) is 0 Å². The van der Waals surface area contributed by atoms with E-state index in [0.29, 0.717) is 0 Å². The highest BCUT2D eigenvalue weighted by Crippen LogP contribution is 2.22. The molecule has 2 unspecified atom stereocenters. The molecule has 0 saturated carbocycles. The molecule has 0 aliphatic heterocycles. The van der Waals surface area contributed by atoms with E-state index in [0.717, 1.165) is 10.0 Å². The molecule has 0 aliphatic carbocycles. The van der Waals surface area contributed by atoms with Gasteiger partial charge < -0.3 is 11.1 Å². The third-order valence-electron chi connectivity index (χ3n) is 3.20. The lowest BCUT2D eigenvalue weighted by Crippen LogP contribution is -2.47. The Morgan fingerprint density at radius 2 is 1.78 bits per heavy atom. The van der Waals surface area contributed by atoms with Crippen LogP contribution in [0, 0.1) is 5.92 Å². The molecule has 0 heterocycles.